The molecule has 0 atom stereocenters. The summed E-state index contributed by atoms with van der Waals surface area (Å²) >= 11 is 3.32. The Bertz CT molecular complexity index is 617. The molecule has 0 aromatic heterocycles. The third-order valence-electron chi connectivity index (χ3n) is 2.47. The summed E-state index contributed by atoms with van der Waals surface area (Å²) in [4.78, 5) is 10.7. The Labute approximate surface area is 118 Å². The van der Waals surface area contributed by atoms with Gasteiger partial charge in [-0.3, -0.25) is 10.1 Å². The molecule has 0 fully saturated rings. The number of hydrogen-bond donors (Lipinski definition) is 1. The standard InChI is InChI=1S/C13H11BrN2O3/c1-15-11-6-3-7-12(13(11)16(17)18)19-10-5-2-4-9(14)8-10/h2-8,15H,1H3. The van der Waals surface area contributed by atoms with E-state index in [0.29, 0.717) is 11.4 Å². The Kier molecular flexibility index (Phi) is 4.01. The van der Waals surface area contributed by atoms with Crippen molar-refractivity contribution in [2.75, 3.05) is 12.4 Å². The zero-order valence-electron chi connectivity index (χ0n) is 10.1. The lowest BCUT2D eigenvalue weighted by Crippen LogP contribution is -1.99. The van der Waals surface area contributed by atoms with Gasteiger partial charge in [0.05, 0.1) is 4.92 Å². The predicted octanol–water partition coefficient (Wildman–Crippen LogP) is 4.19. The van der Waals surface area contributed by atoms with E-state index in [4.69, 9.17) is 4.74 Å². The topological polar surface area (TPSA) is 64.4 Å². The lowest BCUT2D eigenvalue weighted by molar-refractivity contribution is -0.384. The highest BCUT2D eigenvalue weighted by Gasteiger charge is 2.20. The van der Waals surface area contributed by atoms with Crippen molar-refractivity contribution >= 4 is 27.3 Å². The van der Waals surface area contributed by atoms with E-state index in [-0.39, 0.29) is 11.4 Å². The largest absolute Gasteiger partial charge is 0.450 e. The van der Waals surface area contributed by atoms with Gasteiger partial charge in [0.15, 0.2) is 0 Å². The lowest BCUT2D eigenvalue weighted by Gasteiger charge is -2.09. The monoisotopic (exact) mass is 322 g/mol. The Morgan fingerprint density at radius 1 is 1.26 bits per heavy atom. The number of anilines is 1. The van der Waals surface area contributed by atoms with Crippen molar-refractivity contribution in [2.24, 2.45) is 0 Å². The second-order valence-electron chi connectivity index (χ2n) is 3.72. The molecule has 0 radical (unpaired) electrons. The van der Waals surface area contributed by atoms with Crippen molar-refractivity contribution in [2.45, 2.75) is 0 Å². The van der Waals surface area contributed by atoms with E-state index in [1.807, 2.05) is 6.07 Å². The second-order valence-corrected chi connectivity index (χ2v) is 4.63. The maximum absolute atomic E-state index is 11.1. The van der Waals surface area contributed by atoms with Crippen LogP contribution in [0.25, 0.3) is 0 Å². The fourth-order valence-electron chi connectivity index (χ4n) is 1.65. The van der Waals surface area contributed by atoms with Gasteiger partial charge in [0.25, 0.3) is 0 Å². The molecule has 2 aromatic rings. The Morgan fingerprint density at radius 3 is 2.63 bits per heavy atom. The average Bonchev–Trinajstić information content (AvgIpc) is 2.38. The first-order chi connectivity index (χ1) is 9.11. The summed E-state index contributed by atoms with van der Waals surface area (Å²) in [7, 11) is 1.63. The van der Waals surface area contributed by atoms with E-state index in [0.717, 1.165) is 4.47 Å². The SMILES string of the molecule is CNc1cccc(Oc2cccc(Br)c2)c1[N+](=O)[O-]. The van der Waals surface area contributed by atoms with Crippen LogP contribution in [0.3, 0.4) is 0 Å². The molecule has 19 heavy (non-hydrogen) atoms. The quantitative estimate of drug-likeness (QED) is 0.677. The summed E-state index contributed by atoms with van der Waals surface area (Å²) in [6.07, 6.45) is 0. The molecule has 0 saturated heterocycles. The fraction of sp³-hybridized carbons (Fsp3) is 0.0769. The third-order valence-corrected chi connectivity index (χ3v) is 2.97. The average molecular weight is 323 g/mol. The minimum Gasteiger partial charge on any atom is -0.450 e. The van der Waals surface area contributed by atoms with Crippen LogP contribution in [0.5, 0.6) is 11.5 Å². The zero-order chi connectivity index (χ0) is 13.8. The zero-order valence-corrected chi connectivity index (χ0v) is 11.7. The summed E-state index contributed by atoms with van der Waals surface area (Å²) in [5.74, 6) is 0.737. The van der Waals surface area contributed by atoms with Crippen LogP contribution >= 0.6 is 15.9 Å². The van der Waals surface area contributed by atoms with Crippen LogP contribution in [0, 0.1) is 10.1 Å². The molecule has 6 heteroatoms. The maximum Gasteiger partial charge on any atom is 0.334 e. The number of rotatable bonds is 4. The van der Waals surface area contributed by atoms with E-state index >= 15 is 0 Å². The van der Waals surface area contributed by atoms with Crippen LogP contribution in [-0.2, 0) is 0 Å². The molecule has 0 saturated carbocycles. The summed E-state index contributed by atoms with van der Waals surface area (Å²) in [5.41, 5.74) is 0.336. The number of nitro groups is 1. The number of nitrogens with zero attached hydrogens (tertiary/aromatic N) is 1. The first-order valence-electron chi connectivity index (χ1n) is 5.50. The minimum atomic E-state index is -0.459. The lowest BCUT2D eigenvalue weighted by atomic mass is 10.2. The van der Waals surface area contributed by atoms with Crippen LogP contribution in [0.4, 0.5) is 11.4 Å². The minimum absolute atomic E-state index is 0.0787. The first kappa shape index (κ1) is 13.4. The first-order valence-corrected chi connectivity index (χ1v) is 6.29. The van der Waals surface area contributed by atoms with Gasteiger partial charge in [-0.15, -0.1) is 0 Å². The smallest absolute Gasteiger partial charge is 0.334 e. The molecule has 0 aliphatic carbocycles. The maximum atomic E-state index is 11.1. The van der Waals surface area contributed by atoms with Crippen molar-refractivity contribution in [3.05, 3.63) is 57.1 Å². The molecule has 0 amide bonds. The molecular weight excluding hydrogens is 312 g/mol. The van der Waals surface area contributed by atoms with Gasteiger partial charge in [-0.25, -0.2) is 0 Å². The van der Waals surface area contributed by atoms with Crippen LogP contribution < -0.4 is 10.1 Å². The Hall–Kier alpha value is -2.08. The van der Waals surface area contributed by atoms with Gasteiger partial charge in [0.2, 0.25) is 5.75 Å². The molecule has 1 N–H and O–H groups in total. The van der Waals surface area contributed by atoms with Crippen LogP contribution in [0.2, 0.25) is 0 Å². The van der Waals surface area contributed by atoms with Crippen molar-refractivity contribution in [1.29, 1.82) is 0 Å². The van der Waals surface area contributed by atoms with Gasteiger partial charge in [-0.2, -0.15) is 0 Å². The number of ether oxygens (including phenoxy) is 1. The third kappa shape index (κ3) is 3.03. The molecular formula is C13H11BrN2O3. The molecule has 0 heterocycles. The number of benzene rings is 2. The van der Waals surface area contributed by atoms with Crippen molar-refractivity contribution < 1.29 is 9.66 Å². The Balaban J connectivity index is 2.42. The molecule has 0 unspecified atom stereocenters. The molecule has 2 aromatic carbocycles. The van der Waals surface area contributed by atoms with Gasteiger partial charge in [0.1, 0.15) is 11.4 Å². The summed E-state index contributed by atoms with van der Waals surface area (Å²) in [5, 5.41) is 13.9. The van der Waals surface area contributed by atoms with E-state index in [1.54, 1.807) is 43.4 Å². The van der Waals surface area contributed by atoms with E-state index in [2.05, 4.69) is 21.2 Å². The molecule has 0 bridgehead atoms. The number of nitro benzene ring substituents is 1. The van der Waals surface area contributed by atoms with Crippen molar-refractivity contribution in [3.63, 3.8) is 0 Å². The number of nitrogens with one attached hydrogen (secondary N) is 1. The van der Waals surface area contributed by atoms with Gasteiger partial charge in [-0.05, 0) is 30.3 Å². The highest BCUT2D eigenvalue weighted by atomic mass is 79.9. The van der Waals surface area contributed by atoms with Gasteiger partial charge in [-0.1, -0.05) is 28.1 Å². The molecule has 0 aliphatic rings. The molecule has 2 rings (SSSR count). The number of halogens is 1. The number of hydrogen-bond acceptors (Lipinski definition) is 4. The van der Waals surface area contributed by atoms with Gasteiger partial charge < -0.3 is 10.1 Å². The van der Waals surface area contributed by atoms with Crippen LogP contribution in [0.1, 0.15) is 0 Å². The highest BCUT2D eigenvalue weighted by molar-refractivity contribution is 9.10. The van der Waals surface area contributed by atoms with Crippen molar-refractivity contribution in [3.8, 4) is 11.5 Å². The Morgan fingerprint density at radius 2 is 2.00 bits per heavy atom. The van der Waals surface area contributed by atoms with E-state index in [1.165, 1.54) is 0 Å². The molecule has 0 spiro atoms. The fourth-order valence-corrected chi connectivity index (χ4v) is 2.03. The van der Waals surface area contributed by atoms with E-state index in [9.17, 15) is 10.1 Å². The summed E-state index contributed by atoms with van der Waals surface area (Å²) in [6, 6.07) is 12.0. The summed E-state index contributed by atoms with van der Waals surface area (Å²) in [6.45, 7) is 0. The van der Waals surface area contributed by atoms with Crippen LogP contribution in [0.15, 0.2) is 46.9 Å². The number of para-hydroxylation sites is 1. The summed E-state index contributed by atoms with van der Waals surface area (Å²) < 4.78 is 6.43. The van der Waals surface area contributed by atoms with Gasteiger partial charge >= 0.3 is 5.69 Å². The second kappa shape index (κ2) is 5.71. The van der Waals surface area contributed by atoms with Gasteiger partial charge in [0, 0.05) is 11.5 Å². The van der Waals surface area contributed by atoms with E-state index < -0.39 is 4.92 Å². The predicted molar refractivity (Wildman–Crippen MR) is 76.9 cm³/mol. The normalized spacial score (nSPS) is 10.0. The van der Waals surface area contributed by atoms with Crippen LogP contribution in [-0.4, -0.2) is 12.0 Å². The molecule has 98 valence electrons. The molecule has 5 nitrogen and oxygen atoms in total. The van der Waals surface area contributed by atoms with Crippen molar-refractivity contribution in [1.82, 2.24) is 0 Å². The molecule has 0 aliphatic heterocycles. The highest BCUT2D eigenvalue weighted by Crippen LogP contribution is 2.37.